The number of halogens is 1. The summed E-state index contributed by atoms with van der Waals surface area (Å²) < 4.78 is 19.4. The molecule has 0 unspecified atom stereocenters. The van der Waals surface area contributed by atoms with Crippen molar-refractivity contribution in [3.63, 3.8) is 0 Å². The van der Waals surface area contributed by atoms with Gasteiger partial charge in [-0.1, -0.05) is 24.3 Å². The number of fused-ring (bicyclic) bond motifs is 1. The van der Waals surface area contributed by atoms with Crippen LogP contribution >= 0.6 is 0 Å². The average molecular weight is 451 g/mol. The van der Waals surface area contributed by atoms with Crippen molar-refractivity contribution in [2.24, 2.45) is 0 Å². The molecular formula is C23H18FN3O6. The Kier molecular flexibility index (Phi) is 6.44. The van der Waals surface area contributed by atoms with Crippen LogP contribution in [0.15, 0.2) is 54.1 Å². The number of carbonyl (C=O) groups excluding carboxylic acids is 1. The van der Waals surface area contributed by atoms with Gasteiger partial charge in [0, 0.05) is 30.8 Å². The Morgan fingerprint density at radius 3 is 2.45 bits per heavy atom. The average Bonchev–Trinajstić information content (AvgIpc) is 2.79. The second-order valence-electron chi connectivity index (χ2n) is 7.09. The van der Waals surface area contributed by atoms with Crippen molar-refractivity contribution in [3.05, 3.63) is 81.2 Å². The minimum Gasteiger partial charge on any atom is -0.506 e. The van der Waals surface area contributed by atoms with Gasteiger partial charge >= 0.3 is 5.69 Å². The van der Waals surface area contributed by atoms with Gasteiger partial charge in [0.15, 0.2) is 11.3 Å². The quantitative estimate of drug-likeness (QED) is 0.190. The Morgan fingerprint density at radius 1 is 1.24 bits per heavy atom. The molecule has 0 saturated heterocycles. The van der Waals surface area contributed by atoms with E-state index in [2.05, 4.69) is 0 Å². The highest BCUT2D eigenvalue weighted by Crippen LogP contribution is 2.38. The molecule has 1 amide bonds. The summed E-state index contributed by atoms with van der Waals surface area (Å²) in [6.45, 7) is -0.201. The summed E-state index contributed by atoms with van der Waals surface area (Å²) in [5.41, 5.74) is -1.59. The number of ether oxygens (including phenoxy) is 1. The van der Waals surface area contributed by atoms with Gasteiger partial charge in [0.05, 0.1) is 12.0 Å². The Morgan fingerprint density at radius 2 is 1.88 bits per heavy atom. The molecule has 0 aliphatic carbocycles. The second kappa shape index (κ2) is 9.23. The molecule has 3 rings (SSSR count). The van der Waals surface area contributed by atoms with Crippen LogP contribution in [0.5, 0.6) is 11.5 Å². The molecule has 3 aromatic carbocycles. The van der Waals surface area contributed by atoms with Gasteiger partial charge in [-0.15, -0.1) is 0 Å². The zero-order chi connectivity index (χ0) is 24.3. The number of benzene rings is 3. The molecule has 0 atom stereocenters. The summed E-state index contributed by atoms with van der Waals surface area (Å²) in [5, 5.41) is 42.6. The zero-order valence-electron chi connectivity index (χ0n) is 17.6. The number of hydrogen-bond acceptors (Lipinski definition) is 7. The molecule has 168 valence electrons. The monoisotopic (exact) mass is 451 g/mol. The zero-order valence-corrected chi connectivity index (χ0v) is 17.6. The molecule has 0 radical (unpaired) electrons. The minimum atomic E-state index is -0.933. The summed E-state index contributed by atoms with van der Waals surface area (Å²) in [4.78, 5) is 24.2. The number of phenols is 1. The number of carbonyl (C=O) groups is 1. The number of rotatable bonds is 6. The predicted molar refractivity (Wildman–Crippen MR) is 117 cm³/mol. The van der Waals surface area contributed by atoms with Crippen LogP contribution in [0, 0.1) is 27.3 Å². The first-order valence-corrected chi connectivity index (χ1v) is 9.49. The van der Waals surface area contributed by atoms with E-state index in [1.165, 1.54) is 13.1 Å². The van der Waals surface area contributed by atoms with E-state index in [-0.39, 0.29) is 23.4 Å². The topological polar surface area (TPSA) is 137 Å². The number of likely N-dealkylation sites (N-methyl/N-ethyl adjacent to an activating group) is 1. The lowest BCUT2D eigenvalue weighted by Crippen LogP contribution is -2.28. The number of aromatic hydroxyl groups is 1. The van der Waals surface area contributed by atoms with Crippen molar-refractivity contribution in [2.45, 2.75) is 6.54 Å². The van der Waals surface area contributed by atoms with Crippen LogP contribution in [0.1, 0.15) is 11.1 Å². The van der Waals surface area contributed by atoms with E-state index in [0.29, 0.717) is 5.39 Å². The molecule has 0 saturated carbocycles. The Balaban J connectivity index is 1.98. The van der Waals surface area contributed by atoms with Gasteiger partial charge in [0.1, 0.15) is 17.6 Å². The molecule has 10 heteroatoms. The van der Waals surface area contributed by atoms with Crippen LogP contribution in [-0.2, 0) is 11.3 Å². The van der Waals surface area contributed by atoms with E-state index in [1.807, 2.05) is 0 Å². The number of nitro groups is 1. The lowest BCUT2D eigenvalue weighted by atomic mass is 10.0. The fourth-order valence-corrected chi connectivity index (χ4v) is 3.27. The molecule has 33 heavy (non-hydrogen) atoms. The van der Waals surface area contributed by atoms with Crippen LogP contribution in [0.3, 0.4) is 0 Å². The molecule has 0 heterocycles. The number of nitriles is 1. The molecule has 0 aromatic heterocycles. The van der Waals surface area contributed by atoms with Crippen molar-refractivity contribution < 1.29 is 29.1 Å². The summed E-state index contributed by atoms with van der Waals surface area (Å²) in [6.07, 6.45) is 0. The van der Waals surface area contributed by atoms with E-state index in [4.69, 9.17) is 4.74 Å². The minimum absolute atomic E-state index is 0.197. The van der Waals surface area contributed by atoms with E-state index < -0.39 is 39.4 Å². The standard InChI is InChI=1S/C23H18FN3O6/c1-26(12-16-7-13-5-3-4-6-14(13)8-18(16)24)23(30)17(11-25)21(28)15-9-19(27(31)32)22(29)20(10-15)33-2/h3-10,28-29H,12H2,1-2H3/b21-17-. The smallest absolute Gasteiger partial charge is 0.315 e. The van der Waals surface area contributed by atoms with Gasteiger partial charge in [0.2, 0.25) is 5.75 Å². The molecule has 0 spiro atoms. The molecule has 9 nitrogen and oxygen atoms in total. The Hall–Kier alpha value is -4.65. The predicted octanol–water partition coefficient (Wildman–Crippen LogP) is 4.05. The van der Waals surface area contributed by atoms with Gasteiger partial charge in [-0.2, -0.15) is 5.26 Å². The number of aliphatic hydroxyl groups is 1. The normalized spacial score (nSPS) is 11.5. The van der Waals surface area contributed by atoms with Crippen LogP contribution in [-0.4, -0.2) is 40.1 Å². The fraction of sp³-hybridized carbons (Fsp3) is 0.130. The van der Waals surface area contributed by atoms with Gasteiger partial charge in [-0.3, -0.25) is 14.9 Å². The molecule has 3 aromatic rings. The Bertz CT molecular complexity index is 1350. The fourth-order valence-electron chi connectivity index (χ4n) is 3.27. The first-order valence-electron chi connectivity index (χ1n) is 9.49. The highest BCUT2D eigenvalue weighted by Gasteiger charge is 2.26. The number of methoxy groups -OCH3 is 1. The largest absolute Gasteiger partial charge is 0.506 e. The molecule has 2 N–H and O–H groups in total. The summed E-state index contributed by atoms with van der Waals surface area (Å²) in [5.74, 6) is -3.43. The number of hydrogen-bond donors (Lipinski definition) is 2. The first-order chi connectivity index (χ1) is 15.7. The molecule has 0 aliphatic rings. The summed E-state index contributed by atoms with van der Waals surface area (Å²) >= 11 is 0. The highest BCUT2D eigenvalue weighted by molar-refractivity contribution is 6.03. The first kappa shape index (κ1) is 23.0. The molecule has 0 bridgehead atoms. The van der Waals surface area contributed by atoms with Crippen molar-refractivity contribution in [1.82, 2.24) is 4.90 Å². The number of amides is 1. The van der Waals surface area contributed by atoms with E-state index in [9.17, 15) is 34.8 Å². The molecule has 0 fully saturated rings. The third-order valence-electron chi connectivity index (χ3n) is 4.98. The summed E-state index contributed by atoms with van der Waals surface area (Å²) in [7, 11) is 2.47. The lowest BCUT2D eigenvalue weighted by Gasteiger charge is -2.18. The number of phenolic OH excluding ortho intramolecular Hbond substituents is 1. The molecular weight excluding hydrogens is 433 g/mol. The van der Waals surface area contributed by atoms with Gasteiger partial charge in [-0.25, -0.2) is 4.39 Å². The SMILES string of the molecule is COc1cc(/C(O)=C(\C#N)C(=O)N(C)Cc2cc3ccccc3cc2F)cc([N+](=O)[O-])c1O. The maximum absolute atomic E-state index is 14.5. The van der Waals surface area contributed by atoms with E-state index in [1.54, 1.807) is 36.4 Å². The van der Waals surface area contributed by atoms with Crippen molar-refractivity contribution in [1.29, 1.82) is 5.26 Å². The lowest BCUT2D eigenvalue weighted by molar-refractivity contribution is -0.386. The van der Waals surface area contributed by atoms with Crippen LogP contribution in [0.4, 0.5) is 10.1 Å². The van der Waals surface area contributed by atoms with Gasteiger partial charge in [-0.05, 0) is 29.0 Å². The summed E-state index contributed by atoms with van der Waals surface area (Å²) in [6, 6.07) is 13.5. The van der Waals surface area contributed by atoms with Gasteiger partial charge < -0.3 is 19.8 Å². The third kappa shape index (κ3) is 4.52. The van der Waals surface area contributed by atoms with Gasteiger partial charge in [0.25, 0.3) is 5.91 Å². The van der Waals surface area contributed by atoms with Crippen molar-refractivity contribution in [3.8, 4) is 17.6 Å². The number of nitro benzene ring substituents is 1. The third-order valence-corrected chi connectivity index (χ3v) is 4.98. The second-order valence-corrected chi connectivity index (χ2v) is 7.09. The molecule has 0 aliphatic heterocycles. The Labute approximate surface area is 187 Å². The maximum atomic E-state index is 14.5. The van der Waals surface area contributed by atoms with E-state index in [0.717, 1.165) is 29.5 Å². The van der Waals surface area contributed by atoms with Crippen molar-refractivity contribution in [2.75, 3.05) is 14.2 Å². The van der Waals surface area contributed by atoms with Crippen LogP contribution in [0.25, 0.3) is 16.5 Å². The number of nitrogens with zero attached hydrogens (tertiary/aromatic N) is 3. The van der Waals surface area contributed by atoms with Crippen LogP contribution < -0.4 is 4.74 Å². The van der Waals surface area contributed by atoms with Crippen LogP contribution in [0.2, 0.25) is 0 Å². The van der Waals surface area contributed by atoms with Crippen molar-refractivity contribution >= 4 is 28.1 Å². The van der Waals surface area contributed by atoms with E-state index >= 15 is 0 Å². The maximum Gasteiger partial charge on any atom is 0.315 e. The number of aliphatic hydroxyl groups excluding tert-OH is 1. The highest BCUT2D eigenvalue weighted by atomic mass is 19.1.